The lowest BCUT2D eigenvalue weighted by atomic mass is 9.94. The molecule has 1 fully saturated rings. The van der Waals surface area contributed by atoms with Crippen molar-refractivity contribution in [3.63, 3.8) is 0 Å². The molecule has 0 atom stereocenters. The maximum absolute atomic E-state index is 13.6. The third kappa shape index (κ3) is 7.33. The smallest absolute Gasteiger partial charge is 0.349 e. The van der Waals surface area contributed by atoms with Gasteiger partial charge in [-0.15, -0.1) is 11.3 Å². The van der Waals surface area contributed by atoms with Crippen LogP contribution in [-0.2, 0) is 11.2 Å². The molecule has 3 aromatic rings. The van der Waals surface area contributed by atoms with Gasteiger partial charge in [0.2, 0.25) is 0 Å². The van der Waals surface area contributed by atoms with Gasteiger partial charge in [-0.3, -0.25) is 4.90 Å². The van der Waals surface area contributed by atoms with E-state index in [0.717, 1.165) is 59.2 Å². The van der Waals surface area contributed by atoms with E-state index in [4.69, 9.17) is 14.6 Å². The van der Waals surface area contributed by atoms with E-state index < -0.39 is 18.5 Å². The third-order valence-electron chi connectivity index (χ3n) is 6.72. The lowest BCUT2D eigenvalue weighted by molar-refractivity contribution is -0.139. The van der Waals surface area contributed by atoms with Gasteiger partial charge in [0.15, 0.2) is 11.5 Å². The number of urea groups is 1. The van der Waals surface area contributed by atoms with Crippen molar-refractivity contribution in [3.05, 3.63) is 63.4 Å². The number of methoxy groups -OCH3 is 1. The number of ether oxygens (including phenoxy) is 2. The first-order chi connectivity index (χ1) is 19.3. The predicted octanol–water partition coefficient (Wildman–Crippen LogP) is 6.44. The SMILES string of the molecule is COc1ccc(Br)cc1CCNC(=O)N(c1cccc(-c2cc(OCC(=O)O)c(C(=O)O)s2)c1)C1CCCCC1. The first kappa shape index (κ1) is 29.4. The lowest BCUT2D eigenvalue weighted by Gasteiger charge is -2.34. The topological polar surface area (TPSA) is 125 Å². The highest BCUT2D eigenvalue weighted by Gasteiger charge is 2.27. The number of carbonyl (C=O) groups is 3. The predicted molar refractivity (Wildman–Crippen MR) is 157 cm³/mol. The number of carboxylic acids is 2. The van der Waals surface area contributed by atoms with Gasteiger partial charge >= 0.3 is 18.0 Å². The summed E-state index contributed by atoms with van der Waals surface area (Å²) in [6, 6.07) is 14.6. The van der Waals surface area contributed by atoms with Crippen LogP contribution in [0.5, 0.6) is 11.5 Å². The third-order valence-corrected chi connectivity index (χ3v) is 8.37. The quantitative estimate of drug-likeness (QED) is 0.223. The fraction of sp³-hybridized carbons (Fsp3) is 0.345. The number of carbonyl (C=O) groups excluding carboxylic acids is 1. The lowest BCUT2D eigenvalue weighted by Crippen LogP contribution is -2.47. The fourth-order valence-corrected chi connectivity index (χ4v) is 6.23. The summed E-state index contributed by atoms with van der Waals surface area (Å²) in [4.78, 5) is 38.7. The van der Waals surface area contributed by atoms with Crippen LogP contribution in [0, 0.1) is 0 Å². The Morgan fingerprint density at radius 1 is 1.05 bits per heavy atom. The molecule has 1 aliphatic rings. The van der Waals surface area contributed by atoms with Crippen LogP contribution in [0.3, 0.4) is 0 Å². The van der Waals surface area contributed by atoms with Crippen molar-refractivity contribution in [2.24, 2.45) is 0 Å². The van der Waals surface area contributed by atoms with Crippen molar-refractivity contribution in [2.75, 3.05) is 25.2 Å². The molecule has 1 aliphatic carbocycles. The van der Waals surface area contributed by atoms with Gasteiger partial charge in [0.25, 0.3) is 0 Å². The molecule has 0 unspecified atom stereocenters. The molecule has 1 saturated carbocycles. The van der Waals surface area contributed by atoms with Crippen molar-refractivity contribution in [1.82, 2.24) is 5.32 Å². The minimum atomic E-state index is -1.20. The van der Waals surface area contributed by atoms with Crippen molar-refractivity contribution >= 4 is 50.9 Å². The van der Waals surface area contributed by atoms with Crippen LogP contribution in [0.4, 0.5) is 10.5 Å². The summed E-state index contributed by atoms with van der Waals surface area (Å²) in [5.74, 6) is -1.63. The summed E-state index contributed by atoms with van der Waals surface area (Å²) in [6.45, 7) is -0.219. The molecule has 0 saturated heterocycles. The average molecular weight is 632 g/mol. The van der Waals surface area contributed by atoms with Crippen LogP contribution in [0.25, 0.3) is 10.4 Å². The monoisotopic (exact) mass is 630 g/mol. The number of nitrogens with zero attached hydrogens (tertiary/aromatic N) is 1. The van der Waals surface area contributed by atoms with E-state index in [1.165, 1.54) is 6.07 Å². The van der Waals surface area contributed by atoms with Crippen LogP contribution in [0.1, 0.15) is 47.3 Å². The summed E-state index contributed by atoms with van der Waals surface area (Å²) < 4.78 is 11.6. The minimum Gasteiger partial charge on any atom is -0.496 e. The molecule has 11 heteroatoms. The molecule has 2 amide bonds. The van der Waals surface area contributed by atoms with E-state index in [2.05, 4.69) is 21.2 Å². The van der Waals surface area contributed by atoms with Gasteiger partial charge in [0, 0.05) is 27.6 Å². The largest absolute Gasteiger partial charge is 0.496 e. The van der Waals surface area contributed by atoms with Crippen LogP contribution >= 0.6 is 27.3 Å². The zero-order valence-electron chi connectivity index (χ0n) is 22.0. The van der Waals surface area contributed by atoms with Gasteiger partial charge in [0.1, 0.15) is 11.5 Å². The Kier molecular flexibility index (Phi) is 10.1. The summed E-state index contributed by atoms with van der Waals surface area (Å²) in [5.41, 5.74) is 2.40. The van der Waals surface area contributed by atoms with E-state index in [0.29, 0.717) is 29.1 Å². The van der Waals surface area contributed by atoms with Gasteiger partial charge in [-0.25, -0.2) is 14.4 Å². The molecule has 2 aromatic carbocycles. The van der Waals surface area contributed by atoms with E-state index in [-0.39, 0.29) is 22.7 Å². The van der Waals surface area contributed by atoms with Crippen LogP contribution in [0.2, 0.25) is 0 Å². The Morgan fingerprint density at radius 3 is 2.52 bits per heavy atom. The van der Waals surface area contributed by atoms with Gasteiger partial charge in [-0.2, -0.15) is 0 Å². The molecule has 0 radical (unpaired) electrons. The van der Waals surface area contributed by atoms with Crippen LogP contribution < -0.4 is 19.7 Å². The van der Waals surface area contributed by atoms with Crippen molar-refractivity contribution in [2.45, 2.75) is 44.6 Å². The molecule has 212 valence electrons. The number of aromatic carboxylic acids is 1. The molecule has 0 aliphatic heterocycles. The number of benzene rings is 2. The van der Waals surface area contributed by atoms with E-state index in [9.17, 15) is 19.5 Å². The summed E-state index contributed by atoms with van der Waals surface area (Å²) in [5, 5.41) is 21.6. The number of aliphatic carboxylic acids is 1. The fourth-order valence-electron chi connectivity index (χ4n) is 4.89. The highest BCUT2D eigenvalue weighted by atomic mass is 79.9. The maximum atomic E-state index is 13.6. The van der Waals surface area contributed by atoms with E-state index in [1.807, 2.05) is 47.4 Å². The van der Waals surface area contributed by atoms with Crippen molar-refractivity contribution in [3.8, 4) is 21.9 Å². The highest BCUT2D eigenvalue weighted by molar-refractivity contribution is 9.10. The first-order valence-electron chi connectivity index (χ1n) is 13.0. The van der Waals surface area contributed by atoms with Gasteiger partial charge in [0.05, 0.1) is 7.11 Å². The van der Waals surface area contributed by atoms with E-state index in [1.54, 1.807) is 7.11 Å². The van der Waals surface area contributed by atoms with Gasteiger partial charge in [-0.1, -0.05) is 47.3 Å². The molecule has 0 bridgehead atoms. The average Bonchev–Trinajstić information content (AvgIpc) is 3.38. The Morgan fingerprint density at radius 2 is 1.82 bits per heavy atom. The maximum Gasteiger partial charge on any atom is 0.349 e. The molecule has 40 heavy (non-hydrogen) atoms. The Bertz CT molecular complexity index is 1370. The summed E-state index contributed by atoms with van der Waals surface area (Å²) >= 11 is 4.49. The normalized spacial score (nSPS) is 13.4. The zero-order valence-corrected chi connectivity index (χ0v) is 24.4. The summed E-state index contributed by atoms with van der Waals surface area (Å²) in [7, 11) is 1.62. The van der Waals surface area contributed by atoms with Crippen molar-refractivity contribution < 1.29 is 34.1 Å². The first-order valence-corrected chi connectivity index (χ1v) is 14.6. The highest BCUT2D eigenvalue weighted by Crippen LogP contribution is 2.38. The number of rotatable bonds is 11. The van der Waals surface area contributed by atoms with Crippen LogP contribution in [-0.4, -0.2) is 54.5 Å². The van der Waals surface area contributed by atoms with Gasteiger partial charge < -0.3 is 25.0 Å². The zero-order chi connectivity index (χ0) is 28.6. The number of hydrogen-bond donors (Lipinski definition) is 3. The van der Waals surface area contributed by atoms with Gasteiger partial charge in [-0.05, 0) is 66.8 Å². The minimum absolute atomic E-state index is 0.00478. The molecule has 1 heterocycles. The molecular formula is C29H31BrN2O7S. The standard InChI is InChI=1S/C29H31BrN2O7S/c1-38-23-11-10-20(30)14-18(23)12-13-31-29(37)32(21-7-3-2-4-8-21)22-9-5-6-19(15-22)25-16-24(39-17-26(33)34)27(40-25)28(35)36/h5-6,9-11,14-16,21H,2-4,7-8,12-13,17H2,1H3,(H,31,37)(H,33,34)(H,35,36). The molecule has 3 N–H and O–H groups in total. The molecule has 9 nitrogen and oxygen atoms in total. The number of halogens is 1. The molecule has 0 spiro atoms. The second-order valence-electron chi connectivity index (χ2n) is 9.44. The van der Waals surface area contributed by atoms with Crippen LogP contribution in [0.15, 0.2) is 53.0 Å². The number of amides is 2. The van der Waals surface area contributed by atoms with E-state index >= 15 is 0 Å². The second kappa shape index (κ2) is 13.7. The number of thiophene rings is 1. The summed E-state index contributed by atoms with van der Waals surface area (Å²) in [6.07, 6.45) is 5.61. The van der Waals surface area contributed by atoms with Crippen molar-refractivity contribution in [1.29, 1.82) is 0 Å². The Balaban J connectivity index is 1.57. The number of anilines is 1. The molecule has 1 aromatic heterocycles. The Labute approximate surface area is 244 Å². The Hall–Kier alpha value is -3.57. The number of nitrogens with one attached hydrogen (secondary N) is 1. The second-order valence-corrected chi connectivity index (χ2v) is 11.4. The molecule has 4 rings (SSSR count). The molecular weight excluding hydrogens is 600 g/mol. The number of carboxylic acid groups (broad SMARTS) is 2. The number of hydrogen-bond acceptors (Lipinski definition) is 6.